The van der Waals surface area contributed by atoms with Crippen LogP contribution in [0.15, 0.2) is 66.7 Å². The molecule has 14 rings (SSSR count). The normalized spacial score (nSPS) is 20.4. The summed E-state index contributed by atoms with van der Waals surface area (Å²) in [7, 11) is 0. The van der Waals surface area contributed by atoms with E-state index in [1.165, 1.54) is 0 Å². The molecule has 123 heavy (non-hydrogen) atoms. The highest BCUT2D eigenvalue weighted by Crippen LogP contribution is 2.59. The van der Waals surface area contributed by atoms with Gasteiger partial charge >= 0.3 is 53.7 Å². The number of carbonyl (C=O) groups is 9. The van der Waals surface area contributed by atoms with Crippen molar-refractivity contribution in [1.29, 1.82) is 0 Å². The van der Waals surface area contributed by atoms with Crippen molar-refractivity contribution in [2.75, 3.05) is 13.2 Å². The molecule has 2 fully saturated rings. The van der Waals surface area contributed by atoms with Gasteiger partial charge in [-0.15, -0.1) is 0 Å². The Kier molecular flexibility index (Phi) is 20.1. The van der Waals surface area contributed by atoms with Crippen molar-refractivity contribution in [2.45, 2.75) is 61.4 Å². The Morgan fingerprint density at radius 2 is 0.577 bits per heavy atom. The molecular formula is C75H52O48. The summed E-state index contributed by atoms with van der Waals surface area (Å²) in [6, 6.07) is 3.63. The first-order chi connectivity index (χ1) is 57.9. The van der Waals surface area contributed by atoms with Gasteiger partial charge in [0.25, 0.3) is 0 Å². The van der Waals surface area contributed by atoms with E-state index >= 15 is 14.4 Å². The second-order valence-electron chi connectivity index (χ2n) is 26.8. The van der Waals surface area contributed by atoms with Crippen LogP contribution < -0.4 is 4.74 Å². The highest BCUT2D eigenvalue weighted by Gasteiger charge is 2.58. The lowest BCUT2D eigenvalue weighted by molar-refractivity contribution is -0.283. The van der Waals surface area contributed by atoms with Gasteiger partial charge in [0.05, 0.1) is 44.5 Å². The van der Waals surface area contributed by atoms with Gasteiger partial charge in [-0.05, 0) is 54.6 Å². The summed E-state index contributed by atoms with van der Waals surface area (Å²) in [6.07, 6.45) is -27.1. The van der Waals surface area contributed by atoms with E-state index in [0.717, 1.165) is 0 Å². The van der Waals surface area contributed by atoms with Crippen LogP contribution in [0.4, 0.5) is 0 Å². The van der Waals surface area contributed by atoms with Gasteiger partial charge in [-0.25, -0.2) is 43.2 Å². The predicted octanol–water partition coefficient (Wildman–Crippen LogP) is 2.73. The Hall–Kier alpha value is -17.3. The number of phenols is 26. The highest BCUT2D eigenvalue weighted by atomic mass is 16.8. The maximum Gasteiger partial charge on any atom is 0.344 e. The molecule has 48 nitrogen and oxygen atoms in total. The van der Waals surface area contributed by atoms with E-state index in [-0.39, 0.29) is 18.2 Å². The molecule has 0 unspecified atom stereocenters. The van der Waals surface area contributed by atoms with Crippen LogP contribution in [0.1, 0.15) is 93.2 Å². The van der Waals surface area contributed by atoms with Gasteiger partial charge in [-0.3, -0.25) is 0 Å². The number of phenolic OH excluding ortho intramolecular Hbond substituents is 26. The van der Waals surface area contributed by atoms with Crippen LogP contribution in [0.5, 0.6) is 161 Å². The zero-order valence-electron chi connectivity index (χ0n) is 60.2. The van der Waals surface area contributed by atoms with Crippen molar-refractivity contribution in [1.82, 2.24) is 0 Å². The molecule has 2 saturated heterocycles. The van der Waals surface area contributed by atoms with Gasteiger partial charge < -0.3 is 195 Å². The standard InChI is InChI=1S/C75H52O48/c76-23-1-14(2-24(77)42(23)86)65(103)119-62-58(102)60-34(12-112-67(105)16-5-27(80)44(88)51(95)36(16)37-17(69(107)117-60)6-28(81)45(89)52(37)96)115-74(62)123-73(111)22-10-32(85)49(93)57(101)59(22)114-33-11-21-41(56(100)50(33)94)40-18(7-29(82)48(92)55(40)99)70(108)118-61-35(13-113-68(21)106)116-75(122-66(104)15-3-25(78)43(87)26(79)4-15)64-63(61)120-71(109)19-8-30(83)46(90)53(97)38(19)39-20(72(110)121-64)9-31(84)47(91)54(39)98/h1-11,34-35,58,60-64,74-102H,12-13H2/t34-,35-,58+,60-,61-,62-,63-,64-,74-,75-/m1/s1. The summed E-state index contributed by atoms with van der Waals surface area (Å²) in [5.74, 6) is -59.5. The van der Waals surface area contributed by atoms with E-state index in [9.17, 15) is 167 Å². The monoisotopic (exact) mass is 1720 g/mol. The van der Waals surface area contributed by atoms with E-state index < -0.39 is 373 Å². The number of hydrogen-bond acceptors (Lipinski definition) is 48. The molecule has 0 amide bonds. The summed E-state index contributed by atoms with van der Waals surface area (Å²) >= 11 is 0. The second-order valence-corrected chi connectivity index (χ2v) is 26.8. The number of benzene rings is 9. The molecule has 0 aliphatic carbocycles. The fraction of sp³-hybridized carbons (Fsp3) is 0.160. The third-order valence-electron chi connectivity index (χ3n) is 19.5. The minimum absolute atomic E-state index is 0.142. The van der Waals surface area contributed by atoms with Crippen molar-refractivity contribution in [3.8, 4) is 194 Å². The van der Waals surface area contributed by atoms with Gasteiger partial charge in [0, 0.05) is 45.5 Å². The number of ether oxygens (including phenoxy) is 12. The molecule has 0 spiro atoms. The lowest BCUT2D eigenvalue weighted by atomic mass is 9.91. The van der Waals surface area contributed by atoms with Gasteiger partial charge in [0.2, 0.25) is 64.7 Å². The van der Waals surface area contributed by atoms with E-state index in [1.807, 2.05) is 0 Å². The SMILES string of the molecule is O=C(O[C@H]1O[C@@H]2COC(=O)c3cc(Oc4c(C(=O)O[C@H]5O[C@@H]6COC(=O)c7cc(O)c(O)c(O)c7-c7c(cc(O)c(O)c7O)C(=O)O[C@H]6[C@H](O)[C@H]5OC(=O)c5cc(O)c(O)c(O)c5)cc(O)c(O)c4O)c(O)c(O)c3-c3c(cc(O)c(O)c3O)C(=O)O[C@H]2[C@H]2OC(=O)c3cc(O)c(O)c(O)c3-c3c(cc(O)c(O)c3O)C(=O)O[C@@H]12)c1cc(O)c(O)c(O)c1. The quantitative estimate of drug-likeness (QED) is 0.0591. The first-order valence-electron chi connectivity index (χ1n) is 34.2. The number of hydrogen-bond donors (Lipinski definition) is 27. The molecule has 0 bridgehead atoms. The number of aliphatic hydroxyl groups is 1. The van der Waals surface area contributed by atoms with Crippen LogP contribution in [0.3, 0.4) is 0 Å². The van der Waals surface area contributed by atoms with Crippen molar-refractivity contribution < 1.29 is 238 Å². The number of rotatable bonds is 8. The molecule has 27 N–H and O–H groups in total. The van der Waals surface area contributed by atoms with Crippen LogP contribution in [0.2, 0.25) is 0 Å². The fourth-order valence-electron chi connectivity index (χ4n) is 13.5. The molecule has 48 heteroatoms. The lowest BCUT2D eigenvalue weighted by Crippen LogP contribution is -2.63. The Balaban J connectivity index is 0.867. The van der Waals surface area contributed by atoms with E-state index in [2.05, 4.69) is 0 Å². The molecule has 0 radical (unpaired) electrons. The van der Waals surface area contributed by atoms with E-state index in [1.54, 1.807) is 0 Å². The predicted molar refractivity (Wildman–Crippen MR) is 379 cm³/mol. The Morgan fingerprint density at radius 1 is 0.285 bits per heavy atom. The van der Waals surface area contributed by atoms with Crippen molar-refractivity contribution in [3.63, 3.8) is 0 Å². The lowest BCUT2D eigenvalue weighted by Gasteiger charge is -2.44. The summed E-state index contributed by atoms with van der Waals surface area (Å²) in [6.45, 7) is -3.05. The van der Waals surface area contributed by atoms with Crippen molar-refractivity contribution >= 4 is 53.7 Å². The van der Waals surface area contributed by atoms with Gasteiger partial charge in [0.15, 0.2) is 139 Å². The Morgan fingerprint density at radius 3 is 0.976 bits per heavy atom. The van der Waals surface area contributed by atoms with Crippen molar-refractivity contribution in [3.05, 3.63) is 117 Å². The highest BCUT2D eigenvalue weighted by molar-refractivity contribution is 6.12. The summed E-state index contributed by atoms with van der Waals surface area (Å²) < 4.78 is 67.8. The zero-order chi connectivity index (χ0) is 89.5. The number of fused-ring (bicyclic) bond motifs is 13. The smallest absolute Gasteiger partial charge is 0.344 e. The van der Waals surface area contributed by atoms with Crippen LogP contribution in [0, 0.1) is 0 Å². The van der Waals surface area contributed by atoms with Crippen molar-refractivity contribution in [2.24, 2.45) is 0 Å². The summed E-state index contributed by atoms with van der Waals surface area (Å²) in [4.78, 5) is 132. The van der Waals surface area contributed by atoms with Crippen LogP contribution in [-0.4, -0.2) is 266 Å². The van der Waals surface area contributed by atoms with Crippen LogP contribution in [-0.2, 0) is 52.1 Å². The fourth-order valence-corrected chi connectivity index (χ4v) is 13.5. The molecule has 5 aliphatic rings. The van der Waals surface area contributed by atoms with E-state index in [4.69, 9.17) is 56.8 Å². The number of aromatic hydroxyl groups is 26. The third kappa shape index (κ3) is 13.6. The third-order valence-corrected chi connectivity index (χ3v) is 19.5. The van der Waals surface area contributed by atoms with E-state index in [0.29, 0.717) is 48.5 Å². The molecule has 0 aromatic heterocycles. The number of carbonyl (C=O) groups excluding carboxylic acids is 9. The molecule has 5 aliphatic heterocycles. The minimum atomic E-state index is -2.90. The first-order valence-corrected chi connectivity index (χ1v) is 34.2. The topological polar surface area (TPSA) is 811 Å². The summed E-state index contributed by atoms with van der Waals surface area (Å²) in [5, 5.41) is 297. The molecule has 9 aromatic carbocycles. The average molecular weight is 1720 g/mol. The average Bonchev–Trinajstić information content (AvgIpc) is 0.964. The molecule has 10 atom stereocenters. The maximum atomic E-state index is 15.2. The number of cyclic esters (lactones) is 2. The molecule has 640 valence electrons. The van der Waals surface area contributed by atoms with Gasteiger partial charge in [0.1, 0.15) is 37.1 Å². The first kappa shape index (κ1) is 82.2. The number of aliphatic hydroxyl groups excluding tert-OH is 1. The Bertz CT molecular complexity index is 6140. The van der Waals surface area contributed by atoms with Gasteiger partial charge in [-0.1, -0.05) is 0 Å². The number of esters is 9. The minimum Gasteiger partial charge on any atom is -0.504 e. The van der Waals surface area contributed by atoms with Gasteiger partial charge in [-0.2, -0.15) is 0 Å². The summed E-state index contributed by atoms with van der Waals surface area (Å²) in [5.41, 5.74) is -18.7. The van der Waals surface area contributed by atoms with Crippen LogP contribution in [0.25, 0.3) is 33.4 Å². The molecule has 9 aromatic rings. The molecule has 0 saturated carbocycles. The Labute approximate surface area is 675 Å². The largest absolute Gasteiger partial charge is 0.504 e. The zero-order valence-corrected chi connectivity index (χ0v) is 60.2. The molecular weight excluding hydrogens is 1670 g/mol. The molecule has 5 heterocycles. The van der Waals surface area contributed by atoms with Crippen LogP contribution >= 0.6 is 0 Å². The maximum absolute atomic E-state index is 15.2. The second kappa shape index (κ2) is 30.0.